The molecule has 0 saturated heterocycles. The van der Waals surface area contributed by atoms with E-state index in [1.165, 1.54) is 5.56 Å². The summed E-state index contributed by atoms with van der Waals surface area (Å²) in [7, 11) is 3.27. The first-order valence-corrected chi connectivity index (χ1v) is 12.9. The molecule has 1 atom stereocenters. The summed E-state index contributed by atoms with van der Waals surface area (Å²) in [5.74, 6) is 0.0270. The number of pyridine rings is 1. The normalized spacial score (nSPS) is 15.9. The van der Waals surface area contributed by atoms with Crippen LogP contribution in [0.5, 0.6) is 5.88 Å². The van der Waals surface area contributed by atoms with Gasteiger partial charge in [-0.2, -0.15) is 0 Å². The number of carbonyl (C=O) groups is 2. The van der Waals surface area contributed by atoms with Crippen LogP contribution < -0.4 is 15.0 Å². The van der Waals surface area contributed by atoms with Crippen LogP contribution in [0.2, 0.25) is 5.02 Å². The van der Waals surface area contributed by atoms with Crippen molar-refractivity contribution in [3.8, 4) is 5.88 Å². The summed E-state index contributed by atoms with van der Waals surface area (Å²) < 4.78 is 5.32. The average Bonchev–Trinajstić information content (AvgIpc) is 3.26. The first kappa shape index (κ1) is 25.5. The lowest BCUT2D eigenvalue weighted by atomic mass is 10.00. The summed E-state index contributed by atoms with van der Waals surface area (Å²) in [5, 5.41) is 3.60. The number of fused-ring (bicyclic) bond motifs is 5. The Morgan fingerprint density at radius 2 is 1.89 bits per heavy atom. The van der Waals surface area contributed by atoms with Crippen LogP contribution in [0.3, 0.4) is 0 Å². The topological polar surface area (TPSA) is 87.3 Å². The number of allylic oxidation sites excluding steroid dienone is 1. The fraction of sp³-hybridized carbons (Fsp3) is 0.233. The van der Waals surface area contributed by atoms with Gasteiger partial charge < -0.3 is 19.9 Å². The van der Waals surface area contributed by atoms with E-state index in [4.69, 9.17) is 16.3 Å². The Kier molecular flexibility index (Phi) is 7.47. The first-order chi connectivity index (χ1) is 18.4. The minimum Gasteiger partial charge on any atom is -0.481 e. The number of aromatic amines is 1. The highest BCUT2D eigenvalue weighted by Gasteiger charge is 2.26. The van der Waals surface area contributed by atoms with Crippen LogP contribution in [-0.4, -0.2) is 42.0 Å². The molecule has 2 bridgehead atoms. The number of anilines is 1. The van der Waals surface area contributed by atoms with E-state index in [2.05, 4.69) is 39.6 Å². The number of likely N-dealkylation sites (N-methyl/N-ethyl adjacent to an activating group) is 1. The summed E-state index contributed by atoms with van der Waals surface area (Å²) in [6.07, 6.45) is 6.01. The van der Waals surface area contributed by atoms with Crippen molar-refractivity contribution in [1.82, 2.24) is 15.3 Å². The maximum Gasteiger partial charge on any atom is 0.249 e. The van der Waals surface area contributed by atoms with Gasteiger partial charge in [-0.15, -0.1) is 0 Å². The summed E-state index contributed by atoms with van der Waals surface area (Å²) in [5.41, 5.74) is 6.07. The number of H-pyrrole nitrogens is 1. The molecule has 4 aromatic rings. The lowest BCUT2D eigenvalue weighted by Crippen LogP contribution is -2.48. The molecular weight excluding hydrogens is 500 g/mol. The van der Waals surface area contributed by atoms with Crippen LogP contribution in [0, 0.1) is 0 Å². The molecule has 1 aliphatic rings. The third kappa shape index (κ3) is 5.58. The Balaban J connectivity index is 1.51. The van der Waals surface area contributed by atoms with Gasteiger partial charge >= 0.3 is 0 Å². The van der Waals surface area contributed by atoms with Gasteiger partial charge in [0.25, 0.3) is 0 Å². The van der Waals surface area contributed by atoms with Gasteiger partial charge in [-0.25, -0.2) is 4.98 Å². The number of aryl methyl sites for hydroxylation is 1. The molecule has 2 N–H and O–H groups in total. The maximum atomic E-state index is 13.6. The van der Waals surface area contributed by atoms with Crippen LogP contribution in [0.4, 0.5) is 5.69 Å². The number of aromatic nitrogens is 2. The van der Waals surface area contributed by atoms with E-state index in [9.17, 15) is 9.59 Å². The summed E-state index contributed by atoms with van der Waals surface area (Å²) in [6, 6.07) is 18.4. The van der Waals surface area contributed by atoms with Crippen molar-refractivity contribution in [2.45, 2.75) is 31.7 Å². The van der Waals surface area contributed by atoms with Crippen molar-refractivity contribution in [2.75, 3.05) is 19.1 Å². The minimum absolute atomic E-state index is 0.0690. The Morgan fingerprint density at radius 3 is 2.68 bits per heavy atom. The van der Waals surface area contributed by atoms with Crippen molar-refractivity contribution in [3.63, 3.8) is 0 Å². The fourth-order valence-electron chi connectivity index (χ4n) is 4.78. The number of nitrogens with one attached hydrogen (secondary N) is 2. The average molecular weight is 529 g/mol. The van der Waals surface area contributed by atoms with Crippen molar-refractivity contribution in [2.24, 2.45) is 0 Å². The number of methoxy groups -OCH3 is 1. The second-order valence-electron chi connectivity index (χ2n) is 9.40. The zero-order valence-electron chi connectivity index (χ0n) is 21.3. The van der Waals surface area contributed by atoms with Crippen molar-refractivity contribution in [3.05, 3.63) is 94.1 Å². The van der Waals surface area contributed by atoms with E-state index < -0.39 is 6.04 Å². The number of halogens is 1. The molecule has 1 aliphatic heterocycles. The van der Waals surface area contributed by atoms with Gasteiger partial charge in [0.15, 0.2) is 0 Å². The van der Waals surface area contributed by atoms with Crippen LogP contribution in [0.1, 0.15) is 28.8 Å². The van der Waals surface area contributed by atoms with Crippen molar-refractivity contribution < 1.29 is 14.3 Å². The molecule has 194 valence electrons. The van der Waals surface area contributed by atoms with Gasteiger partial charge in [0.2, 0.25) is 17.7 Å². The quantitative estimate of drug-likeness (QED) is 0.386. The Morgan fingerprint density at radius 1 is 1.11 bits per heavy atom. The lowest BCUT2D eigenvalue weighted by molar-refractivity contribution is -0.127. The molecule has 0 spiro atoms. The van der Waals surface area contributed by atoms with E-state index in [0.717, 1.165) is 28.8 Å². The number of carbonyl (C=O) groups excluding carboxylic acids is 2. The molecule has 0 radical (unpaired) electrons. The number of amides is 2. The number of hydrogen-bond acceptors (Lipinski definition) is 4. The highest BCUT2D eigenvalue weighted by molar-refractivity contribution is 6.30. The monoisotopic (exact) mass is 528 g/mol. The smallest absolute Gasteiger partial charge is 0.249 e. The summed E-state index contributed by atoms with van der Waals surface area (Å²) >= 11 is 6.03. The first-order valence-electron chi connectivity index (χ1n) is 12.5. The van der Waals surface area contributed by atoms with E-state index in [1.807, 2.05) is 18.2 Å². The number of hydrogen-bond donors (Lipinski definition) is 2. The molecule has 2 aromatic carbocycles. The molecule has 5 rings (SSSR count). The van der Waals surface area contributed by atoms with Crippen LogP contribution in [0.25, 0.3) is 17.1 Å². The molecule has 7 nitrogen and oxygen atoms in total. The van der Waals surface area contributed by atoms with Gasteiger partial charge in [0, 0.05) is 35.1 Å². The van der Waals surface area contributed by atoms with Gasteiger partial charge in [-0.05, 0) is 66.8 Å². The standard InChI is InChI=1S/C30H29ClN4O3/c1-35(22-12-10-21(31)11-13-22)30(37)26-14-9-20-6-3-5-19(17-20)7-4-8-24-23(18-27(36)33-26)29-25(32-24)15-16-28(34-29)38-2/h3-6,8,10-13,15-17,26,32H,7,9,14,18H2,1-2H3,(H,33,36)/t26-/m0/s1. The van der Waals surface area contributed by atoms with Gasteiger partial charge in [0.1, 0.15) is 6.04 Å². The highest BCUT2D eigenvalue weighted by atomic mass is 35.5. The Labute approximate surface area is 226 Å². The molecule has 2 amide bonds. The molecule has 0 unspecified atom stereocenters. The van der Waals surface area contributed by atoms with Crippen molar-refractivity contribution in [1.29, 1.82) is 0 Å². The van der Waals surface area contributed by atoms with E-state index in [1.54, 1.807) is 49.4 Å². The predicted molar refractivity (Wildman–Crippen MR) is 151 cm³/mol. The van der Waals surface area contributed by atoms with Crippen LogP contribution in [-0.2, 0) is 28.9 Å². The summed E-state index contributed by atoms with van der Waals surface area (Å²) in [4.78, 5) is 36.6. The largest absolute Gasteiger partial charge is 0.481 e. The number of benzene rings is 2. The third-order valence-corrected chi connectivity index (χ3v) is 7.08. The molecule has 8 heteroatoms. The molecule has 0 saturated carbocycles. The molecule has 38 heavy (non-hydrogen) atoms. The third-order valence-electron chi connectivity index (χ3n) is 6.83. The predicted octanol–water partition coefficient (Wildman–Crippen LogP) is 5.12. The van der Waals surface area contributed by atoms with E-state index in [-0.39, 0.29) is 18.2 Å². The van der Waals surface area contributed by atoms with Crippen molar-refractivity contribution >= 4 is 46.2 Å². The van der Waals surface area contributed by atoms with Gasteiger partial charge in [-0.3, -0.25) is 9.59 Å². The zero-order chi connectivity index (χ0) is 26.6. The second kappa shape index (κ2) is 11.1. The van der Waals surface area contributed by atoms with Crippen LogP contribution in [0.15, 0.2) is 66.7 Å². The fourth-order valence-corrected chi connectivity index (χ4v) is 4.91. The highest BCUT2D eigenvalue weighted by Crippen LogP contribution is 2.26. The van der Waals surface area contributed by atoms with Gasteiger partial charge in [0.05, 0.1) is 24.6 Å². The lowest BCUT2D eigenvalue weighted by Gasteiger charge is -2.25. The zero-order valence-corrected chi connectivity index (χ0v) is 22.1. The summed E-state index contributed by atoms with van der Waals surface area (Å²) in [6.45, 7) is 0. The Bertz CT molecular complexity index is 1510. The molecule has 0 fully saturated rings. The molecule has 0 aliphatic carbocycles. The van der Waals surface area contributed by atoms with Crippen LogP contribution >= 0.6 is 11.6 Å². The number of nitrogens with zero attached hydrogens (tertiary/aromatic N) is 2. The molecule has 2 aromatic heterocycles. The van der Waals surface area contributed by atoms with Gasteiger partial charge in [-0.1, -0.05) is 41.9 Å². The minimum atomic E-state index is -0.707. The second-order valence-corrected chi connectivity index (χ2v) is 9.84. The Hall–Kier alpha value is -4.10. The molecular formula is C30H29ClN4O3. The van der Waals surface area contributed by atoms with E-state index in [0.29, 0.717) is 34.9 Å². The SMILES string of the molecule is COc1ccc2[nH]c3c(c2n1)CC(=O)N[C@H](C(=O)N(C)c1ccc(Cl)cc1)CCc1cccc(c1)CC=C3. The number of ether oxygens (including phenoxy) is 1. The molecule has 3 heterocycles. The van der Waals surface area contributed by atoms with E-state index >= 15 is 0 Å². The maximum absolute atomic E-state index is 13.6. The number of rotatable bonds is 3.